The lowest BCUT2D eigenvalue weighted by Gasteiger charge is -2.29. The minimum Gasteiger partial charge on any atom is -0.426 e. The molecule has 9 nitrogen and oxygen atoms in total. The highest BCUT2D eigenvalue weighted by molar-refractivity contribution is 6.43. The Morgan fingerprint density at radius 1 is 1.23 bits per heavy atom. The summed E-state index contributed by atoms with van der Waals surface area (Å²) in [5.74, 6) is -3.17. The zero-order valence-electron chi connectivity index (χ0n) is 22.6. The predicted octanol–water partition coefficient (Wildman–Crippen LogP) is 1.83. The average Bonchev–Trinajstić information content (AvgIpc) is 3.31. The normalized spacial score (nSPS) is 18.2. The molecule has 1 fully saturated rings. The summed E-state index contributed by atoms with van der Waals surface area (Å²) in [6.07, 6.45) is -2.87. The highest BCUT2D eigenvalue weighted by Gasteiger charge is 2.36. The summed E-state index contributed by atoms with van der Waals surface area (Å²) in [4.78, 5) is 27.5. The number of rotatable bonds is 13. The van der Waals surface area contributed by atoms with E-state index in [0.717, 1.165) is 0 Å². The van der Waals surface area contributed by atoms with Crippen molar-refractivity contribution in [3.05, 3.63) is 35.9 Å². The Bertz CT molecular complexity index is 969. The van der Waals surface area contributed by atoms with Gasteiger partial charge in [-0.1, -0.05) is 51.1 Å². The second-order valence-electron chi connectivity index (χ2n) is 11.1. The van der Waals surface area contributed by atoms with Crippen LogP contribution in [0.5, 0.6) is 0 Å². The van der Waals surface area contributed by atoms with E-state index in [1.807, 2.05) is 20.8 Å². The SMILES string of the molecule is CC(C)(C)CC(C#N)C(=O)N1CCC[C@@H]1COC[C@H](NCC(F)(F)F)C(=O)N[C@@H](Cc1ccccc1)B(O)O. The van der Waals surface area contributed by atoms with Gasteiger partial charge in [0.2, 0.25) is 11.8 Å². The molecule has 4 N–H and O–H groups in total. The number of ether oxygens (including phenoxy) is 1. The molecule has 1 unspecified atom stereocenters. The van der Waals surface area contributed by atoms with Crippen LogP contribution in [-0.4, -0.2) is 84.4 Å². The van der Waals surface area contributed by atoms with Gasteiger partial charge in [0.15, 0.2) is 0 Å². The molecule has 1 aliphatic rings. The van der Waals surface area contributed by atoms with Crippen LogP contribution in [0.15, 0.2) is 30.3 Å². The first kappa shape index (κ1) is 32.6. The fourth-order valence-electron chi connectivity index (χ4n) is 4.47. The number of likely N-dealkylation sites (tertiary alicyclic amines) is 1. The lowest BCUT2D eigenvalue weighted by atomic mass is 9.76. The third-order valence-corrected chi connectivity index (χ3v) is 6.38. The van der Waals surface area contributed by atoms with Gasteiger partial charge in [-0.3, -0.25) is 14.9 Å². The van der Waals surface area contributed by atoms with E-state index in [-0.39, 0.29) is 30.4 Å². The van der Waals surface area contributed by atoms with Crippen molar-refractivity contribution in [2.24, 2.45) is 11.3 Å². The number of alkyl halides is 3. The molecule has 0 saturated carbocycles. The first-order valence-corrected chi connectivity index (χ1v) is 13.0. The summed E-state index contributed by atoms with van der Waals surface area (Å²) >= 11 is 0. The molecule has 1 aromatic carbocycles. The predicted molar refractivity (Wildman–Crippen MR) is 139 cm³/mol. The number of carbonyl (C=O) groups is 2. The standard InChI is InChI=1S/C26H38BF3N4O5/c1-25(2,3)13-19(14-31)24(36)34-11-7-10-20(34)15-39-16-21(32-17-26(28,29)30)23(35)33-22(27(37)38)12-18-8-5-4-6-9-18/h4-6,8-9,19-22,32,37-38H,7,10-13,15-17H2,1-3H3,(H,33,35)/t19?,20-,21+,22+/m1/s1. The van der Waals surface area contributed by atoms with E-state index in [4.69, 9.17) is 4.74 Å². The molecule has 4 atom stereocenters. The summed E-state index contributed by atoms with van der Waals surface area (Å²) in [6.45, 7) is 4.35. The van der Waals surface area contributed by atoms with Crippen molar-refractivity contribution in [1.82, 2.24) is 15.5 Å². The van der Waals surface area contributed by atoms with Gasteiger partial charge in [0.1, 0.15) is 12.0 Å². The largest absolute Gasteiger partial charge is 0.475 e. The lowest BCUT2D eigenvalue weighted by Crippen LogP contribution is -2.56. The number of halogens is 3. The Hall–Kier alpha value is -2.66. The van der Waals surface area contributed by atoms with E-state index in [1.54, 1.807) is 35.2 Å². The minimum atomic E-state index is -4.59. The van der Waals surface area contributed by atoms with Crippen molar-refractivity contribution in [2.75, 3.05) is 26.3 Å². The van der Waals surface area contributed by atoms with Gasteiger partial charge in [-0.05, 0) is 36.7 Å². The van der Waals surface area contributed by atoms with Crippen LogP contribution in [0, 0.1) is 22.7 Å². The molecule has 13 heteroatoms. The number of benzene rings is 1. The van der Waals surface area contributed by atoms with Crippen molar-refractivity contribution in [3.8, 4) is 6.07 Å². The topological polar surface area (TPSA) is 135 Å². The summed E-state index contributed by atoms with van der Waals surface area (Å²) in [5.41, 5.74) is 0.465. The summed E-state index contributed by atoms with van der Waals surface area (Å²) in [5, 5.41) is 33.6. The first-order chi connectivity index (χ1) is 18.2. The van der Waals surface area contributed by atoms with Crippen molar-refractivity contribution >= 4 is 18.9 Å². The Morgan fingerprint density at radius 3 is 2.46 bits per heavy atom. The molecule has 0 aromatic heterocycles. The second kappa shape index (κ2) is 14.7. The quantitative estimate of drug-likeness (QED) is 0.274. The van der Waals surface area contributed by atoms with Crippen molar-refractivity contribution < 1.29 is 37.5 Å². The van der Waals surface area contributed by atoms with Crippen LogP contribution < -0.4 is 10.6 Å². The molecule has 2 amide bonds. The fraction of sp³-hybridized carbons (Fsp3) is 0.654. The van der Waals surface area contributed by atoms with Crippen LogP contribution in [0.1, 0.15) is 45.6 Å². The second-order valence-corrected chi connectivity index (χ2v) is 11.1. The molecule has 0 radical (unpaired) electrons. The van der Waals surface area contributed by atoms with Crippen molar-refractivity contribution in [2.45, 2.75) is 70.7 Å². The van der Waals surface area contributed by atoms with E-state index in [0.29, 0.717) is 31.4 Å². The molecular weight excluding hydrogens is 516 g/mol. The third kappa shape index (κ3) is 11.5. The zero-order valence-corrected chi connectivity index (χ0v) is 22.6. The Morgan fingerprint density at radius 2 is 1.90 bits per heavy atom. The van der Waals surface area contributed by atoms with Gasteiger partial charge >= 0.3 is 13.3 Å². The number of nitriles is 1. The number of hydrogen-bond donors (Lipinski definition) is 4. The van der Waals surface area contributed by atoms with E-state index in [9.17, 15) is 38.1 Å². The zero-order chi connectivity index (χ0) is 29.2. The van der Waals surface area contributed by atoms with E-state index in [2.05, 4.69) is 16.7 Å². The number of nitrogens with one attached hydrogen (secondary N) is 2. The van der Waals surface area contributed by atoms with E-state index >= 15 is 0 Å². The molecule has 216 valence electrons. The molecule has 1 aromatic rings. The molecule has 0 bridgehead atoms. The van der Waals surface area contributed by atoms with Gasteiger partial charge in [0, 0.05) is 6.54 Å². The molecule has 1 saturated heterocycles. The maximum atomic E-state index is 13.0. The van der Waals surface area contributed by atoms with Crippen molar-refractivity contribution in [3.63, 3.8) is 0 Å². The summed E-state index contributed by atoms with van der Waals surface area (Å²) in [7, 11) is -1.95. The highest BCUT2D eigenvalue weighted by Crippen LogP contribution is 2.28. The average molecular weight is 554 g/mol. The van der Waals surface area contributed by atoms with Gasteiger partial charge in [0.05, 0.1) is 37.8 Å². The van der Waals surface area contributed by atoms with Gasteiger partial charge in [-0.15, -0.1) is 0 Å². The van der Waals surface area contributed by atoms with Gasteiger partial charge < -0.3 is 25.0 Å². The Balaban J connectivity index is 2.03. The van der Waals surface area contributed by atoms with Crippen LogP contribution in [0.25, 0.3) is 0 Å². The molecule has 1 aliphatic heterocycles. The molecule has 0 aliphatic carbocycles. The Kier molecular flexibility index (Phi) is 12.2. The van der Waals surface area contributed by atoms with Gasteiger partial charge in [0.25, 0.3) is 0 Å². The maximum absolute atomic E-state index is 13.0. The number of carbonyl (C=O) groups excluding carboxylic acids is 2. The summed E-state index contributed by atoms with van der Waals surface area (Å²) < 4.78 is 44.3. The maximum Gasteiger partial charge on any atom is 0.475 e. The smallest absolute Gasteiger partial charge is 0.426 e. The number of hydrogen-bond acceptors (Lipinski definition) is 7. The first-order valence-electron chi connectivity index (χ1n) is 13.0. The summed E-state index contributed by atoms with van der Waals surface area (Å²) in [6, 6.07) is 8.94. The van der Waals surface area contributed by atoms with Gasteiger partial charge in [-0.25, -0.2) is 0 Å². The van der Waals surface area contributed by atoms with Gasteiger partial charge in [-0.2, -0.15) is 18.4 Å². The number of amides is 2. The van der Waals surface area contributed by atoms with E-state index in [1.165, 1.54) is 0 Å². The van der Waals surface area contributed by atoms with E-state index < -0.39 is 50.3 Å². The minimum absolute atomic E-state index is 0.0209. The number of nitrogens with zero attached hydrogens (tertiary/aromatic N) is 2. The van der Waals surface area contributed by atoms with Crippen molar-refractivity contribution in [1.29, 1.82) is 5.26 Å². The Labute approximate surface area is 227 Å². The van der Waals surface area contributed by atoms with Crippen LogP contribution in [-0.2, 0) is 20.7 Å². The monoisotopic (exact) mass is 554 g/mol. The third-order valence-electron chi connectivity index (χ3n) is 6.38. The highest BCUT2D eigenvalue weighted by atomic mass is 19.4. The molecule has 1 heterocycles. The lowest BCUT2D eigenvalue weighted by molar-refractivity contribution is -0.138. The molecular formula is C26H38BF3N4O5. The molecule has 0 spiro atoms. The molecule has 39 heavy (non-hydrogen) atoms. The van der Waals surface area contributed by atoms with Crippen LogP contribution in [0.4, 0.5) is 13.2 Å². The molecule has 2 rings (SSSR count). The van der Waals surface area contributed by atoms with Crippen LogP contribution >= 0.6 is 0 Å². The van der Waals surface area contributed by atoms with Crippen LogP contribution in [0.3, 0.4) is 0 Å². The fourth-order valence-corrected chi connectivity index (χ4v) is 4.47. The van der Waals surface area contributed by atoms with Crippen LogP contribution in [0.2, 0.25) is 0 Å².